The third-order valence-corrected chi connectivity index (χ3v) is 3.06. The number of hydrogen-bond acceptors (Lipinski definition) is 2. The molecule has 0 saturated carbocycles. The predicted molar refractivity (Wildman–Crippen MR) is 72.8 cm³/mol. The van der Waals surface area contributed by atoms with Gasteiger partial charge in [-0.1, -0.05) is 29.8 Å². The Kier molecular flexibility index (Phi) is 4.40. The fraction of sp³-hybridized carbons (Fsp3) is 0.200. The highest BCUT2D eigenvalue weighted by Gasteiger charge is 2.03. The van der Waals surface area contributed by atoms with E-state index in [1.807, 2.05) is 0 Å². The van der Waals surface area contributed by atoms with Crippen LogP contribution in [0.4, 0.5) is 4.39 Å². The largest absolute Gasteiger partial charge is 0.489 e. The lowest BCUT2D eigenvalue weighted by atomic mass is 10.1. The van der Waals surface area contributed by atoms with E-state index < -0.39 is 11.9 Å². The van der Waals surface area contributed by atoms with Crippen LogP contribution in [0.15, 0.2) is 42.5 Å². The maximum atomic E-state index is 13.2. The molecule has 4 heteroatoms. The Morgan fingerprint density at radius 2 is 1.89 bits per heavy atom. The molecule has 0 aliphatic carbocycles. The molecule has 0 fully saturated rings. The molecule has 0 aliphatic rings. The molecule has 0 amide bonds. The minimum Gasteiger partial charge on any atom is -0.489 e. The molecule has 0 spiro atoms. The second-order valence-electron chi connectivity index (χ2n) is 4.28. The summed E-state index contributed by atoms with van der Waals surface area (Å²) < 4.78 is 18.8. The van der Waals surface area contributed by atoms with Gasteiger partial charge in [0.2, 0.25) is 0 Å². The zero-order chi connectivity index (χ0) is 13.8. The first kappa shape index (κ1) is 13.8. The lowest BCUT2D eigenvalue weighted by Crippen LogP contribution is -1.97. The SMILES string of the molecule is C[C@@H](O)c1ccc(OCc2ccc(Cl)c(F)c2)cc1. The Hall–Kier alpha value is -1.58. The summed E-state index contributed by atoms with van der Waals surface area (Å²) in [5.74, 6) is 0.215. The Balaban J connectivity index is 2.00. The lowest BCUT2D eigenvalue weighted by molar-refractivity contribution is 0.199. The van der Waals surface area contributed by atoms with Crippen LogP contribution in [0.1, 0.15) is 24.2 Å². The Bertz CT molecular complexity index is 553. The molecule has 0 aromatic heterocycles. The van der Waals surface area contributed by atoms with Crippen molar-refractivity contribution in [1.29, 1.82) is 0 Å². The van der Waals surface area contributed by atoms with Gasteiger partial charge in [0, 0.05) is 0 Å². The number of rotatable bonds is 4. The third-order valence-electron chi connectivity index (χ3n) is 2.75. The molecule has 0 radical (unpaired) electrons. The predicted octanol–water partition coefficient (Wildman–Crippen LogP) is 4.11. The number of halogens is 2. The fourth-order valence-corrected chi connectivity index (χ4v) is 1.76. The van der Waals surface area contributed by atoms with Gasteiger partial charge in [-0.05, 0) is 42.3 Å². The first-order valence-electron chi connectivity index (χ1n) is 5.91. The van der Waals surface area contributed by atoms with Gasteiger partial charge in [-0.25, -0.2) is 4.39 Å². The number of aliphatic hydroxyl groups is 1. The van der Waals surface area contributed by atoms with Crippen molar-refractivity contribution >= 4 is 11.6 Å². The molecule has 1 N–H and O–H groups in total. The second-order valence-corrected chi connectivity index (χ2v) is 4.69. The van der Waals surface area contributed by atoms with Gasteiger partial charge in [0.25, 0.3) is 0 Å². The average Bonchev–Trinajstić information content (AvgIpc) is 2.40. The molecule has 2 nitrogen and oxygen atoms in total. The van der Waals surface area contributed by atoms with Gasteiger partial charge in [0.1, 0.15) is 18.2 Å². The molecule has 100 valence electrons. The summed E-state index contributed by atoms with van der Waals surface area (Å²) in [5.41, 5.74) is 1.53. The molecule has 19 heavy (non-hydrogen) atoms. The summed E-state index contributed by atoms with van der Waals surface area (Å²) in [5, 5.41) is 9.49. The summed E-state index contributed by atoms with van der Waals surface area (Å²) in [6.07, 6.45) is -0.501. The van der Waals surface area contributed by atoms with Crippen LogP contribution in [0.3, 0.4) is 0 Å². The highest BCUT2D eigenvalue weighted by molar-refractivity contribution is 6.30. The minimum absolute atomic E-state index is 0.102. The maximum Gasteiger partial charge on any atom is 0.142 e. The summed E-state index contributed by atoms with van der Waals surface area (Å²) >= 11 is 5.61. The fourth-order valence-electron chi connectivity index (χ4n) is 1.64. The molecule has 0 bridgehead atoms. The van der Waals surface area contributed by atoms with E-state index >= 15 is 0 Å². The summed E-state index contributed by atoms with van der Waals surface area (Å²) in [6.45, 7) is 1.97. The van der Waals surface area contributed by atoms with Crippen molar-refractivity contribution < 1.29 is 14.2 Å². The van der Waals surface area contributed by atoms with Crippen molar-refractivity contribution in [3.8, 4) is 5.75 Å². The van der Waals surface area contributed by atoms with Gasteiger partial charge < -0.3 is 9.84 Å². The first-order valence-corrected chi connectivity index (χ1v) is 6.29. The molecule has 0 aliphatic heterocycles. The van der Waals surface area contributed by atoms with E-state index in [-0.39, 0.29) is 11.6 Å². The van der Waals surface area contributed by atoms with Crippen molar-refractivity contribution in [2.75, 3.05) is 0 Å². The van der Waals surface area contributed by atoms with E-state index in [1.165, 1.54) is 12.1 Å². The van der Waals surface area contributed by atoms with Crippen LogP contribution in [0, 0.1) is 5.82 Å². The summed E-state index contributed by atoms with van der Waals surface area (Å²) in [6, 6.07) is 11.7. The smallest absolute Gasteiger partial charge is 0.142 e. The summed E-state index contributed by atoms with van der Waals surface area (Å²) in [7, 11) is 0. The van der Waals surface area contributed by atoms with Gasteiger partial charge in [-0.2, -0.15) is 0 Å². The Labute approximate surface area is 116 Å². The van der Waals surface area contributed by atoms with Crippen molar-refractivity contribution in [3.05, 3.63) is 64.4 Å². The second kappa shape index (κ2) is 6.04. The molecule has 2 aromatic carbocycles. The molecule has 2 rings (SSSR count). The number of ether oxygens (including phenoxy) is 1. The average molecular weight is 281 g/mol. The van der Waals surface area contributed by atoms with Crippen molar-refractivity contribution in [3.63, 3.8) is 0 Å². The van der Waals surface area contributed by atoms with Crippen LogP contribution in [0.25, 0.3) is 0 Å². The van der Waals surface area contributed by atoms with E-state index in [1.54, 1.807) is 37.3 Å². The van der Waals surface area contributed by atoms with E-state index in [2.05, 4.69) is 0 Å². The van der Waals surface area contributed by atoms with Crippen LogP contribution in [-0.4, -0.2) is 5.11 Å². The van der Waals surface area contributed by atoms with Crippen molar-refractivity contribution in [1.82, 2.24) is 0 Å². The lowest BCUT2D eigenvalue weighted by Gasteiger charge is -2.09. The monoisotopic (exact) mass is 280 g/mol. The van der Waals surface area contributed by atoms with Gasteiger partial charge >= 0.3 is 0 Å². The Morgan fingerprint density at radius 1 is 1.21 bits per heavy atom. The van der Waals surface area contributed by atoms with Crippen molar-refractivity contribution in [2.24, 2.45) is 0 Å². The minimum atomic E-state index is -0.501. The normalized spacial score (nSPS) is 12.2. The van der Waals surface area contributed by atoms with E-state index in [0.29, 0.717) is 11.3 Å². The molecular weight excluding hydrogens is 267 g/mol. The number of aliphatic hydroxyl groups excluding tert-OH is 1. The van der Waals surface area contributed by atoms with E-state index in [4.69, 9.17) is 16.3 Å². The van der Waals surface area contributed by atoms with Gasteiger partial charge in [-0.15, -0.1) is 0 Å². The van der Waals surface area contributed by atoms with Crippen molar-refractivity contribution in [2.45, 2.75) is 19.6 Å². The Morgan fingerprint density at radius 3 is 2.47 bits per heavy atom. The zero-order valence-corrected chi connectivity index (χ0v) is 11.2. The highest BCUT2D eigenvalue weighted by atomic mass is 35.5. The quantitative estimate of drug-likeness (QED) is 0.913. The zero-order valence-electron chi connectivity index (χ0n) is 10.4. The summed E-state index contributed by atoms with van der Waals surface area (Å²) in [4.78, 5) is 0. The molecule has 0 heterocycles. The van der Waals surface area contributed by atoms with Crippen LogP contribution < -0.4 is 4.74 Å². The maximum absolute atomic E-state index is 13.2. The van der Waals surface area contributed by atoms with E-state index in [9.17, 15) is 9.50 Å². The van der Waals surface area contributed by atoms with Gasteiger partial charge in [-0.3, -0.25) is 0 Å². The first-order chi connectivity index (χ1) is 9.06. The number of benzene rings is 2. The molecular formula is C15H14ClFO2. The topological polar surface area (TPSA) is 29.5 Å². The van der Waals surface area contributed by atoms with Crippen LogP contribution in [-0.2, 0) is 6.61 Å². The van der Waals surface area contributed by atoms with Crippen LogP contribution in [0.2, 0.25) is 5.02 Å². The van der Waals surface area contributed by atoms with Crippen LogP contribution in [0.5, 0.6) is 5.75 Å². The van der Waals surface area contributed by atoms with Crippen LogP contribution >= 0.6 is 11.6 Å². The number of hydrogen-bond donors (Lipinski definition) is 1. The highest BCUT2D eigenvalue weighted by Crippen LogP contribution is 2.20. The van der Waals surface area contributed by atoms with Gasteiger partial charge in [0.05, 0.1) is 11.1 Å². The standard InChI is InChI=1S/C15H14ClFO2/c1-10(18)12-3-5-13(6-4-12)19-9-11-2-7-14(16)15(17)8-11/h2-8,10,18H,9H2,1H3/t10-/m1/s1. The van der Waals surface area contributed by atoms with Gasteiger partial charge in [0.15, 0.2) is 0 Å². The molecule has 0 saturated heterocycles. The molecule has 2 aromatic rings. The molecule has 0 unspecified atom stereocenters. The van der Waals surface area contributed by atoms with E-state index in [0.717, 1.165) is 5.56 Å². The molecule has 1 atom stereocenters. The third kappa shape index (κ3) is 3.69.